The van der Waals surface area contributed by atoms with Crippen molar-refractivity contribution >= 4 is 0 Å². The molecule has 0 atom stereocenters. The molecular formula is C18H22FN. The van der Waals surface area contributed by atoms with Crippen LogP contribution in [-0.4, -0.2) is 6.04 Å². The molecule has 0 unspecified atom stereocenters. The van der Waals surface area contributed by atoms with E-state index in [1.807, 2.05) is 6.07 Å². The molecule has 20 heavy (non-hydrogen) atoms. The van der Waals surface area contributed by atoms with Crippen LogP contribution < -0.4 is 5.32 Å². The van der Waals surface area contributed by atoms with Gasteiger partial charge in [0.1, 0.15) is 5.82 Å². The predicted molar refractivity (Wildman–Crippen MR) is 83.3 cm³/mol. The lowest BCUT2D eigenvalue weighted by atomic mass is 9.96. The molecule has 0 aliphatic rings. The maximum atomic E-state index is 13.6. The molecule has 0 fully saturated rings. The maximum absolute atomic E-state index is 13.6. The normalized spacial score (nSPS) is 11.1. The summed E-state index contributed by atoms with van der Waals surface area (Å²) in [6.45, 7) is 9.12. The fourth-order valence-corrected chi connectivity index (χ4v) is 2.42. The summed E-state index contributed by atoms with van der Waals surface area (Å²) >= 11 is 0. The van der Waals surface area contributed by atoms with Crippen molar-refractivity contribution in [3.8, 4) is 11.1 Å². The molecule has 2 aromatic rings. The molecule has 0 saturated heterocycles. The van der Waals surface area contributed by atoms with Crippen molar-refractivity contribution in [3.05, 3.63) is 58.9 Å². The molecular weight excluding hydrogens is 249 g/mol. The number of rotatable bonds is 4. The zero-order chi connectivity index (χ0) is 14.7. The first-order valence-corrected chi connectivity index (χ1v) is 7.06. The molecule has 0 saturated carbocycles. The second-order valence-electron chi connectivity index (χ2n) is 5.71. The van der Waals surface area contributed by atoms with E-state index in [0.29, 0.717) is 6.04 Å². The third kappa shape index (κ3) is 3.67. The number of benzene rings is 2. The maximum Gasteiger partial charge on any atom is 0.123 e. The van der Waals surface area contributed by atoms with Crippen LogP contribution in [0, 0.1) is 19.7 Å². The van der Waals surface area contributed by atoms with Crippen molar-refractivity contribution in [1.29, 1.82) is 0 Å². The Kier molecular flexibility index (Phi) is 4.56. The highest BCUT2D eigenvalue weighted by Crippen LogP contribution is 2.27. The van der Waals surface area contributed by atoms with Gasteiger partial charge in [-0.15, -0.1) is 0 Å². The Labute approximate surface area is 120 Å². The van der Waals surface area contributed by atoms with Crippen LogP contribution in [-0.2, 0) is 6.54 Å². The highest BCUT2D eigenvalue weighted by molar-refractivity contribution is 5.69. The molecule has 1 N–H and O–H groups in total. The van der Waals surface area contributed by atoms with Gasteiger partial charge < -0.3 is 5.32 Å². The molecule has 0 radical (unpaired) electrons. The van der Waals surface area contributed by atoms with Crippen LogP contribution in [0.4, 0.5) is 4.39 Å². The Morgan fingerprint density at radius 3 is 2.25 bits per heavy atom. The molecule has 0 aliphatic heterocycles. The third-order valence-electron chi connectivity index (χ3n) is 3.31. The number of halogens is 1. The van der Waals surface area contributed by atoms with Gasteiger partial charge in [-0.25, -0.2) is 4.39 Å². The monoisotopic (exact) mass is 271 g/mol. The van der Waals surface area contributed by atoms with Crippen molar-refractivity contribution in [1.82, 2.24) is 5.32 Å². The summed E-state index contributed by atoms with van der Waals surface area (Å²) in [5, 5.41) is 3.40. The second-order valence-corrected chi connectivity index (χ2v) is 5.71. The van der Waals surface area contributed by atoms with Crippen LogP contribution in [0.2, 0.25) is 0 Å². The predicted octanol–water partition coefficient (Wildman–Crippen LogP) is 4.61. The van der Waals surface area contributed by atoms with Crippen molar-refractivity contribution in [2.75, 3.05) is 0 Å². The molecule has 106 valence electrons. The average molecular weight is 271 g/mol. The third-order valence-corrected chi connectivity index (χ3v) is 3.31. The first-order valence-electron chi connectivity index (χ1n) is 7.06. The molecule has 0 amide bonds. The number of hydrogen-bond donors (Lipinski definition) is 1. The fraction of sp³-hybridized carbons (Fsp3) is 0.333. The minimum atomic E-state index is -0.188. The van der Waals surface area contributed by atoms with Gasteiger partial charge >= 0.3 is 0 Å². The molecule has 0 aliphatic carbocycles. The van der Waals surface area contributed by atoms with Gasteiger partial charge in [-0.1, -0.05) is 49.2 Å². The molecule has 0 aromatic heterocycles. The van der Waals surface area contributed by atoms with E-state index in [9.17, 15) is 4.39 Å². The molecule has 0 bridgehead atoms. The van der Waals surface area contributed by atoms with Crippen LogP contribution in [0.1, 0.15) is 30.5 Å². The smallest absolute Gasteiger partial charge is 0.123 e. The van der Waals surface area contributed by atoms with Crippen LogP contribution in [0.15, 0.2) is 36.4 Å². The molecule has 0 spiro atoms. The van der Waals surface area contributed by atoms with Gasteiger partial charge in [0.15, 0.2) is 0 Å². The van der Waals surface area contributed by atoms with E-state index in [0.717, 1.165) is 23.2 Å². The summed E-state index contributed by atoms with van der Waals surface area (Å²) in [5.41, 5.74) is 5.59. The Morgan fingerprint density at radius 2 is 1.65 bits per heavy atom. The van der Waals surface area contributed by atoms with Gasteiger partial charge in [0.05, 0.1) is 0 Å². The van der Waals surface area contributed by atoms with Gasteiger partial charge in [-0.05, 0) is 42.7 Å². The van der Waals surface area contributed by atoms with Crippen molar-refractivity contribution < 1.29 is 4.39 Å². The lowest BCUT2D eigenvalue weighted by molar-refractivity contribution is 0.587. The minimum Gasteiger partial charge on any atom is -0.310 e. The van der Waals surface area contributed by atoms with E-state index >= 15 is 0 Å². The number of hydrogen-bond acceptors (Lipinski definition) is 1. The average Bonchev–Trinajstić information content (AvgIpc) is 2.36. The number of nitrogens with one attached hydrogen (secondary N) is 1. The van der Waals surface area contributed by atoms with Gasteiger partial charge in [-0.3, -0.25) is 0 Å². The summed E-state index contributed by atoms with van der Waals surface area (Å²) in [4.78, 5) is 0. The summed E-state index contributed by atoms with van der Waals surface area (Å²) in [7, 11) is 0. The summed E-state index contributed by atoms with van der Waals surface area (Å²) in [6, 6.07) is 11.8. The number of aryl methyl sites for hydroxylation is 2. The SMILES string of the molecule is Cc1cc(C)cc(-c2cc(F)ccc2CNC(C)C)c1. The Hall–Kier alpha value is -1.67. The summed E-state index contributed by atoms with van der Waals surface area (Å²) < 4.78 is 13.6. The molecule has 2 aromatic carbocycles. The van der Waals surface area contributed by atoms with Gasteiger partial charge in [0.25, 0.3) is 0 Å². The lowest BCUT2D eigenvalue weighted by Gasteiger charge is -2.14. The van der Waals surface area contributed by atoms with Gasteiger partial charge in [0.2, 0.25) is 0 Å². The van der Waals surface area contributed by atoms with Crippen LogP contribution in [0.3, 0.4) is 0 Å². The molecule has 1 nitrogen and oxygen atoms in total. The zero-order valence-corrected chi connectivity index (χ0v) is 12.6. The Bertz CT molecular complexity index is 582. The first-order chi connectivity index (χ1) is 9.45. The van der Waals surface area contributed by atoms with Crippen molar-refractivity contribution in [2.45, 2.75) is 40.3 Å². The fourth-order valence-electron chi connectivity index (χ4n) is 2.42. The van der Waals surface area contributed by atoms with E-state index in [1.54, 1.807) is 6.07 Å². The highest BCUT2D eigenvalue weighted by atomic mass is 19.1. The van der Waals surface area contributed by atoms with Crippen LogP contribution in [0.5, 0.6) is 0 Å². The van der Waals surface area contributed by atoms with E-state index in [-0.39, 0.29) is 5.82 Å². The van der Waals surface area contributed by atoms with Crippen LogP contribution in [0.25, 0.3) is 11.1 Å². The molecule has 2 rings (SSSR count). The Morgan fingerprint density at radius 1 is 1.00 bits per heavy atom. The molecule has 2 heteroatoms. The van der Waals surface area contributed by atoms with Gasteiger partial charge in [-0.2, -0.15) is 0 Å². The van der Waals surface area contributed by atoms with Crippen LogP contribution >= 0.6 is 0 Å². The lowest BCUT2D eigenvalue weighted by Crippen LogP contribution is -2.22. The standard InChI is InChI=1S/C18H22FN/c1-12(2)20-11-15-5-6-17(19)10-18(15)16-8-13(3)7-14(4)9-16/h5-10,12,20H,11H2,1-4H3. The van der Waals surface area contributed by atoms with E-state index in [2.05, 4.69) is 51.2 Å². The second kappa shape index (κ2) is 6.19. The summed E-state index contributed by atoms with van der Waals surface area (Å²) in [5.74, 6) is -0.188. The minimum absolute atomic E-state index is 0.188. The van der Waals surface area contributed by atoms with Gasteiger partial charge in [0, 0.05) is 12.6 Å². The quantitative estimate of drug-likeness (QED) is 0.856. The Balaban J connectivity index is 2.45. The van der Waals surface area contributed by atoms with E-state index in [1.165, 1.54) is 17.2 Å². The first kappa shape index (κ1) is 14.7. The highest BCUT2D eigenvalue weighted by Gasteiger charge is 2.08. The zero-order valence-electron chi connectivity index (χ0n) is 12.6. The molecule has 0 heterocycles. The summed E-state index contributed by atoms with van der Waals surface area (Å²) in [6.07, 6.45) is 0. The van der Waals surface area contributed by atoms with Crippen molar-refractivity contribution in [2.24, 2.45) is 0 Å². The van der Waals surface area contributed by atoms with E-state index < -0.39 is 0 Å². The topological polar surface area (TPSA) is 12.0 Å². The largest absolute Gasteiger partial charge is 0.310 e. The van der Waals surface area contributed by atoms with Crippen molar-refractivity contribution in [3.63, 3.8) is 0 Å². The van der Waals surface area contributed by atoms with E-state index in [4.69, 9.17) is 0 Å².